The summed E-state index contributed by atoms with van der Waals surface area (Å²) in [5.74, 6) is -3.30. The van der Waals surface area contributed by atoms with Gasteiger partial charge in [-0.3, -0.25) is 9.78 Å². The van der Waals surface area contributed by atoms with E-state index < -0.39 is 42.0 Å². The summed E-state index contributed by atoms with van der Waals surface area (Å²) in [5.41, 5.74) is 0.373. The molecule has 6 nitrogen and oxygen atoms in total. The molecule has 3 rings (SSSR count). The number of amides is 3. The van der Waals surface area contributed by atoms with Crippen LogP contribution in [0.1, 0.15) is 24.2 Å². The zero-order valence-corrected chi connectivity index (χ0v) is 14.8. The molecule has 3 amide bonds. The van der Waals surface area contributed by atoms with Gasteiger partial charge in [-0.2, -0.15) is 0 Å². The number of benzene rings is 1. The van der Waals surface area contributed by atoms with Crippen LogP contribution in [0.15, 0.2) is 24.4 Å². The number of hydrogen-bond donors (Lipinski definition) is 2. The first-order valence-corrected chi connectivity index (χ1v) is 8.27. The van der Waals surface area contributed by atoms with Crippen LogP contribution in [-0.4, -0.2) is 28.4 Å². The number of nitrogens with one attached hydrogen (secondary N) is 2. The molecule has 0 bridgehead atoms. The number of nitrogens with zero attached hydrogens (tertiary/aromatic N) is 2. The molecule has 0 radical (unpaired) electrons. The summed E-state index contributed by atoms with van der Waals surface area (Å²) < 4.78 is 40.4. The van der Waals surface area contributed by atoms with Gasteiger partial charge in [-0.05, 0) is 25.1 Å². The molecule has 0 fully saturated rings. The Morgan fingerprint density at radius 3 is 2.85 bits per heavy atom. The third kappa shape index (κ3) is 3.97. The van der Waals surface area contributed by atoms with E-state index in [2.05, 4.69) is 15.6 Å². The maximum absolute atomic E-state index is 13.9. The molecule has 1 aromatic carbocycles. The van der Waals surface area contributed by atoms with E-state index in [9.17, 15) is 22.8 Å². The summed E-state index contributed by atoms with van der Waals surface area (Å²) in [7, 11) is 0. The molecule has 1 aliphatic heterocycles. The van der Waals surface area contributed by atoms with Crippen LogP contribution in [0, 0.1) is 17.5 Å². The largest absolute Gasteiger partial charge is 0.346 e. The molecular weight excluding hydrogens is 385 g/mol. The van der Waals surface area contributed by atoms with Gasteiger partial charge in [0.25, 0.3) is 0 Å². The molecule has 2 N–H and O–H groups in total. The summed E-state index contributed by atoms with van der Waals surface area (Å²) in [6.07, 6.45) is 0.968. The highest BCUT2D eigenvalue weighted by atomic mass is 35.5. The summed E-state index contributed by atoms with van der Waals surface area (Å²) >= 11 is 5.91. The van der Waals surface area contributed by atoms with Crippen molar-refractivity contribution >= 4 is 29.2 Å². The molecule has 10 heteroatoms. The van der Waals surface area contributed by atoms with E-state index in [1.807, 2.05) is 0 Å². The lowest BCUT2D eigenvalue weighted by Gasteiger charge is -2.29. The summed E-state index contributed by atoms with van der Waals surface area (Å²) in [5, 5.41) is 5.03. The smallest absolute Gasteiger partial charge is 0.322 e. The Labute approximate surface area is 157 Å². The highest BCUT2D eigenvalue weighted by molar-refractivity contribution is 6.31. The number of anilines is 1. The van der Waals surface area contributed by atoms with Gasteiger partial charge in [0.15, 0.2) is 11.6 Å². The number of urea groups is 1. The molecule has 0 aliphatic carbocycles. The first-order valence-electron chi connectivity index (χ1n) is 7.89. The number of aromatic nitrogens is 1. The first-order chi connectivity index (χ1) is 12.8. The van der Waals surface area contributed by atoms with Gasteiger partial charge in [0.2, 0.25) is 5.91 Å². The molecule has 1 atom stereocenters. The normalized spacial score (nSPS) is 14.4. The number of carbonyl (C=O) groups excluding carboxylic acids is 2. The van der Waals surface area contributed by atoms with Gasteiger partial charge in [0.05, 0.1) is 35.2 Å². The van der Waals surface area contributed by atoms with Gasteiger partial charge in [-0.1, -0.05) is 11.6 Å². The number of fused-ring (bicyclic) bond motifs is 1. The van der Waals surface area contributed by atoms with Crippen LogP contribution >= 0.6 is 11.6 Å². The Hall–Kier alpha value is -2.81. The van der Waals surface area contributed by atoms with Crippen LogP contribution < -0.4 is 10.6 Å². The number of rotatable bonds is 4. The second kappa shape index (κ2) is 7.43. The Morgan fingerprint density at radius 2 is 2.15 bits per heavy atom. The van der Waals surface area contributed by atoms with Crippen molar-refractivity contribution in [2.75, 3.05) is 11.9 Å². The van der Waals surface area contributed by atoms with E-state index in [-0.39, 0.29) is 28.5 Å². The fourth-order valence-corrected chi connectivity index (χ4v) is 3.04. The van der Waals surface area contributed by atoms with Crippen LogP contribution in [0.25, 0.3) is 0 Å². The van der Waals surface area contributed by atoms with Crippen LogP contribution in [0.2, 0.25) is 5.02 Å². The predicted molar refractivity (Wildman–Crippen MR) is 91.5 cm³/mol. The van der Waals surface area contributed by atoms with Gasteiger partial charge in [0, 0.05) is 5.56 Å². The summed E-state index contributed by atoms with van der Waals surface area (Å²) in [4.78, 5) is 29.2. The SMILES string of the molecule is C[C@H](NC(=O)CN1Cc2c(ccc(F)c2F)NC1=O)c1ncc(F)cc1Cl. The van der Waals surface area contributed by atoms with E-state index in [0.29, 0.717) is 0 Å². The number of halogens is 4. The van der Waals surface area contributed by atoms with Gasteiger partial charge in [0.1, 0.15) is 12.4 Å². The topological polar surface area (TPSA) is 74.3 Å². The van der Waals surface area contributed by atoms with Crippen molar-refractivity contribution in [3.05, 3.63) is 58.1 Å². The van der Waals surface area contributed by atoms with Crippen molar-refractivity contribution in [1.82, 2.24) is 15.2 Å². The van der Waals surface area contributed by atoms with Gasteiger partial charge < -0.3 is 15.5 Å². The number of hydrogen-bond acceptors (Lipinski definition) is 3. The fraction of sp³-hybridized carbons (Fsp3) is 0.235. The minimum Gasteiger partial charge on any atom is -0.346 e. The van der Waals surface area contributed by atoms with Gasteiger partial charge >= 0.3 is 6.03 Å². The number of carbonyl (C=O) groups is 2. The Morgan fingerprint density at radius 1 is 1.41 bits per heavy atom. The van der Waals surface area contributed by atoms with E-state index in [4.69, 9.17) is 11.6 Å². The molecule has 27 heavy (non-hydrogen) atoms. The lowest BCUT2D eigenvalue weighted by atomic mass is 10.1. The van der Waals surface area contributed by atoms with Crippen molar-refractivity contribution in [1.29, 1.82) is 0 Å². The second-order valence-corrected chi connectivity index (χ2v) is 6.39. The van der Waals surface area contributed by atoms with Crippen molar-refractivity contribution in [3.63, 3.8) is 0 Å². The number of pyridine rings is 1. The predicted octanol–water partition coefficient (Wildman–Crippen LogP) is 3.38. The monoisotopic (exact) mass is 398 g/mol. The quantitative estimate of drug-likeness (QED) is 0.829. The third-order valence-electron chi connectivity index (χ3n) is 4.03. The average Bonchev–Trinajstić information content (AvgIpc) is 2.59. The molecule has 1 aliphatic rings. The molecule has 2 heterocycles. The van der Waals surface area contributed by atoms with Crippen LogP contribution in [0.3, 0.4) is 0 Å². The maximum Gasteiger partial charge on any atom is 0.322 e. The molecule has 2 aromatic rings. The third-order valence-corrected chi connectivity index (χ3v) is 4.33. The molecule has 142 valence electrons. The minimum absolute atomic E-state index is 0.0429. The fourth-order valence-electron chi connectivity index (χ4n) is 2.72. The lowest BCUT2D eigenvalue weighted by molar-refractivity contribution is -0.122. The summed E-state index contributed by atoms with van der Waals surface area (Å²) in [6, 6.07) is 1.97. The Bertz CT molecular complexity index is 925. The molecular formula is C17H14ClF3N4O2. The highest BCUT2D eigenvalue weighted by Crippen LogP contribution is 2.27. The van der Waals surface area contributed by atoms with Gasteiger partial charge in [-0.25, -0.2) is 18.0 Å². The van der Waals surface area contributed by atoms with E-state index >= 15 is 0 Å². The summed E-state index contributed by atoms with van der Waals surface area (Å²) in [6.45, 7) is 0.928. The molecule has 0 spiro atoms. The molecule has 1 aromatic heterocycles. The molecule has 0 saturated carbocycles. The zero-order chi connectivity index (χ0) is 19.7. The Balaban J connectivity index is 1.68. The van der Waals surface area contributed by atoms with Crippen LogP contribution in [0.4, 0.5) is 23.7 Å². The van der Waals surface area contributed by atoms with E-state index in [1.54, 1.807) is 6.92 Å². The zero-order valence-electron chi connectivity index (χ0n) is 14.0. The lowest BCUT2D eigenvalue weighted by Crippen LogP contribution is -2.45. The van der Waals surface area contributed by atoms with E-state index in [0.717, 1.165) is 23.2 Å². The minimum atomic E-state index is -1.08. The maximum atomic E-state index is 13.9. The average molecular weight is 399 g/mol. The van der Waals surface area contributed by atoms with Crippen molar-refractivity contribution < 1.29 is 22.8 Å². The standard InChI is InChI=1S/C17H14ClF3N4O2/c1-8(16-11(18)4-9(19)5-22-16)23-14(26)7-25-6-10-13(24-17(25)27)3-2-12(20)15(10)21/h2-5,8H,6-7H2,1H3,(H,23,26)(H,24,27)/t8-/m0/s1. The van der Waals surface area contributed by atoms with Crippen molar-refractivity contribution in [2.24, 2.45) is 0 Å². The molecule has 0 saturated heterocycles. The first kappa shape index (κ1) is 19.0. The second-order valence-electron chi connectivity index (χ2n) is 5.98. The highest BCUT2D eigenvalue weighted by Gasteiger charge is 2.28. The molecule has 0 unspecified atom stereocenters. The van der Waals surface area contributed by atoms with Crippen LogP contribution in [-0.2, 0) is 11.3 Å². The van der Waals surface area contributed by atoms with Gasteiger partial charge in [-0.15, -0.1) is 0 Å². The van der Waals surface area contributed by atoms with Crippen LogP contribution in [0.5, 0.6) is 0 Å². The van der Waals surface area contributed by atoms with Crippen molar-refractivity contribution in [3.8, 4) is 0 Å². The Kier molecular flexibility index (Phi) is 5.22. The van der Waals surface area contributed by atoms with Crippen molar-refractivity contribution in [2.45, 2.75) is 19.5 Å². The van der Waals surface area contributed by atoms with E-state index in [1.165, 1.54) is 6.07 Å².